The summed E-state index contributed by atoms with van der Waals surface area (Å²) in [6.07, 6.45) is 20.6. The van der Waals surface area contributed by atoms with E-state index in [4.69, 9.17) is 24.8 Å². The van der Waals surface area contributed by atoms with E-state index in [1.807, 2.05) is 0 Å². The molecule has 11 nitrogen and oxygen atoms in total. The van der Waals surface area contributed by atoms with Crippen LogP contribution in [0.1, 0.15) is 149 Å². The number of unbranched alkanes of at least 4 members (excludes halogenated alkanes) is 17. The molecule has 1 unspecified atom stereocenters. The summed E-state index contributed by atoms with van der Waals surface area (Å²) in [4.78, 5) is 45.3. The van der Waals surface area contributed by atoms with Gasteiger partial charge in [-0.05, 0) is 12.8 Å². The van der Waals surface area contributed by atoms with E-state index in [1.165, 1.54) is 64.2 Å². The Morgan fingerprint density at radius 1 is 0.628 bits per heavy atom. The maximum absolute atomic E-state index is 12.4. The molecule has 0 saturated heterocycles. The van der Waals surface area contributed by atoms with Gasteiger partial charge in [0, 0.05) is 12.8 Å². The summed E-state index contributed by atoms with van der Waals surface area (Å²) in [5, 5.41) is 8.80. The van der Waals surface area contributed by atoms with Crippen LogP contribution in [0.15, 0.2) is 0 Å². The van der Waals surface area contributed by atoms with Crippen molar-refractivity contribution in [1.82, 2.24) is 0 Å². The second-order valence-corrected chi connectivity index (χ2v) is 12.8. The molecule has 0 amide bonds. The van der Waals surface area contributed by atoms with E-state index < -0.39 is 51.1 Å². The van der Waals surface area contributed by atoms with Crippen molar-refractivity contribution in [2.45, 2.75) is 161 Å². The Hall–Kier alpha value is -1.52. The van der Waals surface area contributed by atoms with Crippen LogP contribution in [0, 0.1) is 0 Å². The largest absolute Gasteiger partial charge is 0.480 e. The summed E-state index contributed by atoms with van der Waals surface area (Å²) in [6.45, 7) is 2.71. The highest BCUT2D eigenvalue weighted by Gasteiger charge is 2.28. The Labute approximate surface area is 259 Å². The first-order valence-corrected chi connectivity index (χ1v) is 18.1. The van der Waals surface area contributed by atoms with Gasteiger partial charge < -0.3 is 25.2 Å². The molecule has 0 aliphatic rings. The van der Waals surface area contributed by atoms with Gasteiger partial charge in [0.2, 0.25) is 0 Å². The van der Waals surface area contributed by atoms with Gasteiger partial charge >= 0.3 is 25.7 Å². The van der Waals surface area contributed by atoms with Crippen LogP contribution in [0.2, 0.25) is 0 Å². The molecule has 43 heavy (non-hydrogen) atoms. The van der Waals surface area contributed by atoms with E-state index in [-0.39, 0.29) is 19.4 Å². The number of carboxylic acids is 1. The third kappa shape index (κ3) is 27.7. The lowest BCUT2D eigenvalue weighted by Crippen LogP contribution is -2.34. The molecule has 0 rings (SSSR count). The van der Waals surface area contributed by atoms with Gasteiger partial charge in [-0.15, -0.1) is 0 Å². The fourth-order valence-electron chi connectivity index (χ4n) is 4.42. The number of phosphoric ester groups is 1. The van der Waals surface area contributed by atoms with Gasteiger partial charge in [-0.1, -0.05) is 123 Å². The van der Waals surface area contributed by atoms with Gasteiger partial charge in [0.1, 0.15) is 12.6 Å². The Bertz CT molecular complexity index is 767. The van der Waals surface area contributed by atoms with Crippen molar-refractivity contribution in [3.63, 3.8) is 0 Å². The minimum atomic E-state index is -4.69. The van der Waals surface area contributed by atoms with Gasteiger partial charge in [-0.25, -0.2) is 4.57 Å². The molecular formula is C31H60NO10P. The van der Waals surface area contributed by atoms with Gasteiger partial charge in [-0.2, -0.15) is 0 Å². The van der Waals surface area contributed by atoms with Crippen molar-refractivity contribution in [3.8, 4) is 0 Å². The molecule has 0 aliphatic carbocycles. The fourth-order valence-corrected chi connectivity index (χ4v) is 5.19. The van der Waals surface area contributed by atoms with Gasteiger partial charge in [0.05, 0.1) is 13.2 Å². The summed E-state index contributed by atoms with van der Waals surface area (Å²) in [6, 6.07) is -1.51. The Balaban J connectivity index is 4.45. The number of rotatable bonds is 31. The topological polar surface area (TPSA) is 172 Å². The maximum Gasteiger partial charge on any atom is 0.472 e. The molecule has 0 aromatic rings. The van der Waals surface area contributed by atoms with Gasteiger partial charge in [0.15, 0.2) is 6.10 Å². The van der Waals surface area contributed by atoms with Gasteiger partial charge in [-0.3, -0.25) is 23.4 Å². The number of carbonyl (C=O) groups excluding carboxylic acids is 2. The predicted molar refractivity (Wildman–Crippen MR) is 166 cm³/mol. The SMILES string of the molecule is CCCCCCCCCCCCCCC(=O)OC[C@@H](COP(=O)(O)OC[C@@H](N)C(=O)O)OC(=O)CCCCCCCCC. The lowest BCUT2D eigenvalue weighted by molar-refractivity contribution is -0.161. The molecule has 0 spiro atoms. The molecular weight excluding hydrogens is 577 g/mol. The van der Waals surface area contributed by atoms with Crippen LogP contribution in [0.5, 0.6) is 0 Å². The Kier molecular flexibility index (Phi) is 27.0. The number of carbonyl (C=O) groups is 3. The van der Waals surface area contributed by atoms with Crippen molar-refractivity contribution in [3.05, 3.63) is 0 Å². The van der Waals surface area contributed by atoms with Crippen molar-refractivity contribution < 1.29 is 47.5 Å². The first-order valence-electron chi connectivity index (χ1n) is 16.6. The summed E-state index contributed by atoms with van der Waals surface area (Å²) in [5.41, 5.74) is 5.28. The van der Waals surface area contributed by atoms with Crippen LogP contribution in [-0.4, -0.2) is 59.9 Å². The highest BCUT2D eigenvalue weighted by atomic mass is 31.2. The van der Waals surface area contributed by atoms with E-state index >= 15 is 0 Å². The minimum Gasteiger partial charge on any atom is -0.480 e. The molecule has 0 aromatic carbocycles. The number of hydrogen-bond acceptors (Lipinski definition) is 9. The number of carboxylic acid groups (broad SMARTS) is 1. The second-order valence-electron chi connectivity index (χ2n) is 11.3. The van der Waals surface area contributed by atoms with Crippen molar-refractivity contribution in [1.29, 1.82) is 0 Å². The summed E-state index contributed by atoms with van der Waals surface area (Å²) >= 11 is 0. The molecule has 0 radical (unpaired) electrons. The van der Waals surface area contributed by atoms with Crippen LogP contribution in [0.4, 0.5) is 0 Å². The molecule has 0 bridgehead atoms. The maximum atomic E-state index is 12.4. The van der Waals surface area contributed by atoms with E-state index in [0.717, 1.165) is 44.9 Å². The molecule has 0 heterocycles. The number of nitrogens with two attached hydrogens (primary N) is 1. The summed E-state index contributed by atoms with van der Waals surface area (Å²) in [5.74, 6) is -2.38. The van der Waals surface area contributed by atoms with E-state index in [2.05, 4.69) is 18.4 Å². The minimum absolute atomic E-state index is 0.165. The van der Waals surface area contributed by atoms with Crippen molar-refractivity contribution in [2.24, 2.45) is 5.73 Å². The first-order chi connectivity index (χ1) is 20.6. The van der Waals surface area contributed by atoms with E-state index in [1.54, 1.807) is 0 Å². The monoisotopic (exact) mass is 637 g/mol. The second kappa shape index (κ2) is 28.0. The lowest BCUT2D eigenvalue weighted by atomic mass is 10.0. The molecule has 0 aliphatic heterocycles. The molecule has 3 atom stereocenters. The average Bonchev–Trinajstić information content (AvgIpc) is 2.97. The lowest BCUT2D eigenvalue weighted by Gasteiger charge is -2.20. The van der Waals surface area contributed by atoms with Crippen LogP contribution in [0.3, 0.4) is 0 Å². The number of hydrogen-bond donors (Lipinski definition) is 3. The highest BCUT2D eigenvalue weighted by molar-refractivity contribution is 7.47. The first kappa shape index (κ1) is 41.5. The molecule has 0 saturated carbocycles. The number of aliphatic carboxylic acids is 1. The Morgan fingerprint density at radius 2 is 1.02 bits per heavy atom. The third-order valence-corrected chi connectivity index (χ3v) is 8.06. The van der Waals surface area contributed by atoms with Crippen molar-refractivity contribution in [2.75, 3.05) is 19.8 Å². The van der Waals surface area contributed by atoms with Gasteiger partial charge in [0.25, 0.3) is 0 Å². The number of ether oxygens (including phenoxy) is 2. The molecule has 0 fully saturated rings. The van der Waals surface area contributed by atoms with Crippen LogP contribution in [-0.2, 0) is 37.5 Å². The number of esters is 2. The zero-order chi connectivity index (χ0) is 32.2. The quantitative estimate of drug-likeness (QED) is 0.0398. The van der Waals surface area contributed by atoms with Crippen LogP contribution >= 0.6 is 7.82 Å². The van der Waals surface area contributed by atoms with Crippen molar-refractivity contribution >= 4 is 25.7 Å². The third-order valence-electron chi connectivity index (χ3n) is 7.11. The molecule has 12 heteroatoms. The summed E-state index contributed by atoms with van der Waals surface area (Å²) in [7, 11) is -4.69. The molecule has 4 N–H and O–H groups in total. The summed E-state index contributed by atoms with van der Waals surface area (Å²) < 4.78 is 32.3. The average molecular weight is 638 g/mol. The zero-order valence-corrected chi connectivity index (χ0v) is 27.7. The van der Waals surface area contributed by atoms with E-state index in [9.17, 15) is 23.8 Å². The Morgan fingerprint density at radius 3 is 1.47 bits per heavy atom. The van der Waals surface area contributed by atoms with Crippen LogP contribution in [0.25, 0.3) is 0 Å². The zero-order valence-electron chi connectivity index (χ0n) is 26.8. The standard InChI is InChI=1S/C31H60NO10P/c1-3-5-7-9-11-12-13-14-15-17-18-20-22-29(33)39-24-27(25-40-43(37,38)41-26-28(32)31(35)36)42-30(34)23-21-19-16-10-8-6-4-2/h27-28H,3-26,32H2,1-2H3,(H,35,36)(H,37,38)/t27-,28+/m0/s1. The van der Waals surface area contributed by atoms with E-state index in [0.29, 0.717) is 12.8 Å². The number of phosphoric acid groups is 1. The molecule has 0 aromatic heterocycles. The molecule has 254 valence electrons. The normalized spacial score (nSPS) is 14.1. The highest BCUT2D eigenvalue weighted by Crippen LogP contribution is 2.43. The fraction of sp³-hybridized carbons (Fsp3) is 0.903. The smallest absolute Gasteiger partial charge is 0.472 e. The van der Waals surface area contributed by atoms with Crippen LogP contribution < -0.4 is 5.73 Å². The predicted octanol–water partition coefficient (Wildman–Crippen LogP) is 7.22.